The van der Waals surface area contributed by atoms with Crippen molar-refractivity contribution in [2.75, 3.05) is 40.9 Å². The van der Waals surface area contributed by atoms with Crippen LogP contribution in [0.1, 0.15) is 52.3 Å². The van der Waals surface area contributed by atoms with Crippen LogP contribution < -0.4 is 4.74 Å². The normalized spacial score (nSPS) is 17.3. The summed E-state index contributed by atoms with van der Waals surface area (Å²) in [6, 6.07) is 6.39. The number of nitrogens with one attached hydrogen (secondary N) is 1. The van der Waals surface area contributed by atoms with E-state index >= 15 is 0 Å². The summed E-state index contributed by atoms with van der Waals surface area (Å²) in [6.07, 6.45) is 0.870. The number of aryl methyl sites for hydroxylation is 1. The Morgan fingerprint density at radius 1 is 1.17 bits per heavy atom. The van der Waals surface area contributed by atoms with Crippen molar-refractivity contribution in [2.45, 2.75) is 33.2 Å². The predicted molar refractivity (Wildman–Crippen MR) is 131 cm³/mol. The topological polar surface area (TPSA) is 112 Å². The number of carbonyl (C=O) groups is 3. The lowest BCUT2D eigenvalue weighted by Crippen LogP contribution is -2.35. The second-order valence-corrected chi connectivity index (χ2v) is 8.83. The van der Waals surface area contributed by atoms with Crippen LogP contribution in [-0.2, 0) is 14.3 Å². The number of Topliss-reactive ketones (excluding diaryl/α,β-unsaturated/α-hetero) is 1. The number of ketones is 1. The Bertz CT molecular complexity index is 1150. The lowest BCUT2D eigenvalue weighted by Gasteiger charge is -2.26. The first-order valence-electron chi connectivity index (χ1n) is 11.6. The summed E-state index contributed by atoms with van der Waals surface area (Å²) < 4.78 is 10.5. The fourth-order valence-corrected chi connectivity index (χ4v) is 4.28. The molecule has 1 atom stereocenters. The number of esters is 1. The van der Waals surface area contributed by atoms with Crippen LogP contribution in [0.15, 0.2) is 29.8 Å². The molecule has 2 N–H and O–H groups in total. The zero-order chi connectivity index (χ0) is 25.9. The summed E-state index contributed by atoms with van der Waals surface area (Å²) in [6.45, 7) is 6.77. The molecule has 3 rings (SSSR count). The third-order valence-electron chi connectivity index (χ3n) is 6.06. The average Bonchev–Trinajstić information content (AvgIpc) is 3.27. The lowest BCUT2D eigenvalue weighted by molar-refractivity contribution is -0.140. The maximum atomic E-state index is 13.2. The first kappa shape index (κ1) is 26.0. The van der Waals surface area contributed by atoms with E-state index in [-0.39, 0.29) is 17.0 Å². The molecule has 9 nitrogen and oxygen atoms in total. The molecule has 2 heterocycles. The van der Waals surface area contributed by atoms with Gasteiger partial charge in [-0.1, -0.05) is 19.1 Å². The van der Waals surface area contributed by atoms with E-state index in [1.54, 1.807) is 38.1 Å². The summed E-state index contributed by atoms with van der Waals surface area (Å²) in [5.74, 6) is -1.68. The second kappa shape index (κ2) is 10.8. The van der Waals surface area contributed by atoms with Crippen LogP contribution in [0.4, 0.5) is 0 Å². The maximum absolute atomic E-state index is 13.2. The van der Waals surface area contributed by atoms with Crippen molar-refractivity contribution < 1.29 is 29.0 Å². The van der Waals surface area contributed by atoms with Gasteiger partial charge < -0.3 is 29.4 Å². The minimum absolute atomic E-state index is 0.0161. The number of rotatable bonds is 9. The van der Waals surface area contributed by atoms with Crippen LogP contribution in [0, 0.1) is 13.8 Å². The Kier molecular flexibility index (Phi) is 8.01. The van der Waals surface area contributed by atoms with E-state index in [4.69, 9.17) is 9.47 Å². The van der Waals surface area contributed by atoms with E-state index in [9.17, 15) is 19.5 Å². The highest BCUT2D eigenvalue weighted by Crippen LogP contribution is 2.41. The lowest BCUT2D eigenvalue weighted by atomic mass is 9.94. The van der Waals surface area contributed by atoms with Crippen molar-refractivity contribution in [1.82, 2.24) is 14.8 Å². The standard InChI is InChI=1S/C26H33N3O6/c1-7-14-35-18-10-8-17(9-11-18)22-20(24(31)25(32)29(22)13-12-28(4)5)23(30)19-15(2)21(26(33)34-6)27-16(19)3/h8-11,22,27,30H,7,12-14H2,1-6H3/b23-20+/t22-/m1/s1. The van der Waals surface area contributed by atoms with Gasteiger partial charge >= 0.3 is 5.97 Å². The molecule has 1 amide bonds. The van der Waals surface area contributed by atoms with Gasteiger partial charge in [-0.3, -0.25) is 9.59 Å². The molecule has 0 unspecified atom stereocenters. The molecule has 188 valence electrons. The van der Waals surface area contributed by atoms with Crippen LogP contribution in [0.5, 0.6) is 5.75 Å². The molecule has 0 radical (unpaired) electrons. The quantitative estimate of drug-likeness (QED) is 0.244. The Morgan fingerprint density at radius 2 is 1.83 bits per heavy atom. The molecule has 2 aromatic rings. The third-order valence-corrected chi connectivity index (χ3v) is 6.06. The SMILES string of the molecule is CCCOc1ccc([C@@H]2/C(=C(\O)c3c(C)[nH]c(C(=O)OC)c3C)C(=O)C(=O)N2CCN(C)C)cc1. The number of aliphatic hydroxyl groups excluding tert-OH is 1. The molecule has 0 saturated carbocycles. The van der Waals surface area contributed by atoms with E-state index < -0.39 is 23.7 Å². The molecule has 9 heteroatoms. The van der Waals surface area contributed by atoms with E-state index in [0.29, 0.717) is 47.8 Å². The van der Waals surface area contributed by atoms with E-state index in [0.717, 1.165) is 6.42 Å². The molecule has 35 heavy (non-hydrogen) atoms. The number of aromatic amines is 1. The number of aliphatic hydroxyl groups is 1. The van der Waals surface area contributed by atoms with Gasteiger partial charge in [0.2, 0.25) is 0 Å². The zero-order valence-corrected chi connectivity index (χ0v) is 21.1. The third kappa shape index (κ3) is 5.09. The molecule has 0 spiro atoms. The molecule has 1 saturated heterocycles. The molecule has 0 aliphatic carbocycles. The van der Waals surface area contributed by atoms with Crippen LogP contribution in [-0.4, -0.2) is 78.5 Å². The van der Waals surface area contributed by atoms with Crippen LogP contribution in [0.25, 0.3) is 5.76 Å². The summed E-state index contributed by atoms with van der Waals surface area (Å²) in [4.78, 5) is 44.8. The van der Waals surface area contributed by atoms with Crippen molar-refractivity contribution >= 4 is 23.4 Å². The number of ether oxygens (including phenoxy) is 2. The first-order valence-corrected chi connectivity index (χ1v) is 11.6. The summed E-state index contributed by atoms with van der Waals surface area (Å²) in [5.41, 5.74) is 2.08. The van der Waals surface area contributed by atoms with Crippen molar-refractivity contribution in [3.63, 3.8) is 0 Å². The summed E-state index contributed by atoms with van der Waals surface area (Å²) in [7, 11) is 5.03. The van der Waals surface area contributed by atoms with Gasteiger partial charge in [0.15, 0.2) is 0 Å². The van der Waals surface area contributed by atoms with Gasteiger partial charge in [0, 0.05) is 24.3 Å². The summed E-state index contributed by atoms with van der Waals surface area (Å²) in [5, 5.41) is 11.4. The van der Waals surface area contributed by atoms with Crippen LogP contribution >= 0.6 is 0 Å². The van der Waals surface area contributed by atoms with Crippen LogP contribution in [0.2, 0.25) is 0 Å². The fraction of sp³-hybridized carbons (Fsp3) is 0.423. The van der Waals surface area contributed by atoms with E-state index in [1.807, 2.05) is 25.9 Å². The van der Waals surface area contributed by atoms with Gasteiger partial charge in [-0.05, 0) is 57.6 Å². The Balaban J connectivity index is 2.16. The monoisotopic (exact) mass is 483 g/mol. The largest absolute Gasteiger partial charge is 0.507 e. The second-order valence-electron chi connectivity index (χ2n) is 8.83. The molecule has 1 aromatic heterocycles. The van der Waals surface area contributed by atoms with Crippen molar-refractivity contribution in [3.05, 3.63) is 57.9 Å². The number of aromatic nitrogens is 1. The number of benzene rings is 1. The van der Waals surface area contributed by atoms with Crippen molar-refractivity contribution in [2.24, 2.45) is 0 Å². The number of likely N-dealkylation sites (tertiary alicyclic amines) is 1. The van der Waals surface area contributed by atoms with Gasteiger partial charge in [0.25, 0.3) is 11.7 Å². The molecule has 1 aliphatic heterocycles. The number of hydrogen-bond donors (Lipinski definition) is 2. The predicted octanol–water partition coefficient (Wildman–Crippen LogP) is 3.19. The number of hydrogen-bond acceptors (Lipinski definition) is 7. The Morgan fingerprint density at radius 3 is 2.40 bits per heavy atom. The Hall–Kier alpha value is -3.59. The molecule has 1 fully saturated rings. The van der Waals surface area contributed by atoms with Crippen LogP contribution in [0.3, 0.4) is 0 Å². The summed E-state index contributed by atoms with van der Waals surface area (Å²) >= 11 is 0. The van der Waals surface area contributed by atoms with Gasteiger partial charge in [-0.25, -0.2) is 4.79 Å². The van der Waals surface area contributed by atoms with Gasteiger partial charge in [-0.2, -0.15) is 0 Å². The highest BCUT2D eigenvalue weighted by Gasteiger charge is 2.46. The minimum Gasteiger partial charge on any atom is -0.507 e. The molecular weight excluding hydrogens is 450 g/mol. The number of H-pyrrole nitrogens is 1. The zero-order valence-electron chi connectivity index (χ0n) is 21.1. The maximum Gasteiger partial charge on any atom is 0.354 e. The van der Waals surface area contributed by atoms with Gasteiger partial charge in [0.1, 0.15) is 17.2 Å². The number of methoxy groups -OCH3 is 1. The average molecular weight is 484 g/mol. The molecule has 1 aromatic carbocycles. The van der Waals surface area contributed by atoms with Crippen molar-refractivity contribution in [1.29, 1.82) is 0 Å². The number of likely N-dealkylation sites (N-methyl/N-ethyl adjacent to an activating group) is 1. The first-order chi connectivity index (χ1) is 16.6. The highest BCUT2D eigenvalue weighted by atomic mass is 16.5. The molecule has 1 aliphatic rings. The van der Waals surface area contributed by atoms with Gasteiger partial charge in [-0.15, -0.1) is 0 Å². The Labute approximate surface area is 205 Å². The molecule has 0 bridgehead atoms. The number of nitrogens with zero attached hydrogens (tertiary/aromatic N) is 2. The van der Waals surface area contributed by atoms with Crippen molar-refractivity contribution in [3.8, 4) is 5.75 Å². The minimum atomic E-state index is -0.787. The van der Waals surface area contributed by atoms with Gasteiger partial charge in [0.05, 0.1) is 25.3 Å². The smallest absolute Gasteiger partial charge is 0.354 e. The highest BCUT2D eigenvalue weighted by molar-refractivity contribution is 6.46. The molecular formula is C26H33N3O6. The fourth-order valence-electron chi connectivity index (χ4n) is 4.28. The van der Waals surface area contributed by atoms with E-state index in [2.05, 4.69) is 4.98 Å². The number of carbonyl (C=O) groups excluding carboxylic acids is 3. The van der Waals surface area contributed by atoms with E-state index in [1.165, 1.54) is 12.0 Å². The number of amides is 1.